The molecular formula is C21H18BrNO2. The summed E-state index contributed by atoms with van der Waals surface area (Å²) in [5.74, 6) is 1.70. The number of halogens is 1. The van der Waals surface area contributed by atoms with Crippen molar-refractivity contribution in [2.24, 2.45) is 0 Å². The fourth-order valence-corrected chi connectivity index (χ4v) is 3.23. The molecule has 3 nitrogen and oxygen atoms in total. The first-order valence-electron chi connectivity index (χ1n) is 7.87. The third-order valence-corrected chi connectivity index (χ3v) is 4.31. The van der Waals surface area contributed by atoms with Gasteiger partial charge in [0.05, 0.1) is 25.0 Å². The number of hydrogen-bond acceptors (Lipinski definition) is 2. The molecule has 25 heavy (non-hydrogen) atoms. The van der Waals surface area contributed by atoms with Gasteiger partial charge in [-0.15, -0.1) is 0 Å². The Labute approximate surface area is 157 Å². The van der Waals surface area contributed by atoms with Crippen LogP contribution in [0.4, 0.5) is 0 Å². The molecule has 0 saturated carbocycles. The summed E-state index contributed by atoms with van der Waals surface area (Å²) in [7, 11) is 3.40. The van der Waals surface area contributed by atoms with Crippen molar-refractivity contribution in [1.82, 2.24) is 0 Å². The second-order valence-corrected chi connectivity index (χ2v) is 5.60. The van der Waals surface area contributed by atoms with Gasteiger partial charge in [-0.2, -0.15) is 4.57 Å². The minimum atomic E-state index is 0. The SMILES string of the molecule is COc1cccc2c1cc1c(OC)cccc1[n+]2-c1ccccc1.[Br-]. The van der Waals surface area contributed by atoms with Crippen LogP contribution in [0.15, 0.2) is 72.8 Å². The lowest BCUT2D eigenvalue weighted by molar-refractivity contribution is -0.538. The zero-order valence-electron chi connectivity index (χ0n) is 14.1. The average molecular weight is 396 g/mol. The van der Waals surface area contributed by atoms with E-state index in [4.69, 9.17) is 9.47 Å². The molecule has 1 heterocycles. The fraction of sp³-hybridized carbons (Fsp3) is 0.0952. The van der Waals surface area contributed by atoms with Gasteiger partial charge in [-0.1, -0.05) is 30.3 Å². The number of pyridine rings is 1. The molecule has 0 unspecified atom stereocenters. The fourth-order valence-electron chi connectivity index (χ4n) is 3.23. The highest BCUT2D eigenvalue weighted by molar-refractivity contribution is 5.95. The predicted octanol–water partition coefficient (Wildman–Crippen LogP) is 1.29. The van der Waals surface area contributed by atoms with Gasteiger partial charge in [0.2, 0.25) is 16.7 Å². The molecular weight excluding hydrogens is 378 g/mol. The molecule has 4 rings (SSSR count). The number of aromatic nitrogens is 1. The van der Waals surface area contributed by atoms with E-state index in [0.29, 0.717) is 0 Å². The Morgan fingerprint density at radius 3 is 1.64 bits per heavy atom. The molecule has 0 saturated heterocycles. The lowest BCUT2D eigenvalue weighted by atomic mass is 10.1. The van der Waals surface area contributed by atoms with Gasteiger partial charge in [0.25, 0.3) is 0 Å². The molecule has 0 atom stereocenters. The highest BCUT2D eigenvalue weighted by Gasteiger charge is 2.21. The van der Waals surface area contributed by atoms with E-state index in [0.717, 1.165) is 39.0 Å². The number of methoxy groups -OCH3 is 2. The maximum absolute atomic E-state index is 5.59. The standard InChI is InChI=1S/C21H18NO2.BrH/c1-23-20-12-6-10-18-16(20)14-17-19(11-7-13-21(17)24-2)22(18)15-8-4-3-5-9-15;/h3-14H,1-2H3;1H/q+1;/p-1. The minimum Gasteiger partial charge on any atom is -1.00 e. The normalized spacial score (nSPS) is 10.5. The molecule has 0 fully saturated rings. The van der Waals surface area contributed by atoms with Crippen molar-refractivity contribution < 1.29 is 31.0 Å². The van der Waals surface area contributed by atoms with Crippen molar-refractivity contribution in [3.63, 3.8) is 0 Å². The van der Waals surface area contributed by atoms with Crippen LogP contribution in [0.25, 0.3) is 27.5 Å². The first kappa shape index (κ1) is 17.2. The molecule has 0 amide bonds. The summed E-state index contributed by atoms with van der Waals surface area (Å²) in [6, 6.07) is 24.7. The number of ether oxygens (including phenoxy) is 2. The van der Waals surface area contributed by atoms with E-state index in [9.17, 15) is 0 Å². The summed E-state index contributed by atoms with van der Waals surface area (Å²) in [5, 5.41) is 2.11. The van der Waals surface area contributed by atoms with Crippen LogP contribution >= 0.6 is 0 Å². The molecule has 0 radical (unpaired) electrons. The summed E-state index contributed by atoms with van der Waals surface area (Å²) in [4.78, 5) is 0. The zero-order valence-corrected chi connectivity index (χ0v) is 15.7. The molecule has 126 valence electrons. The maximum Gasteiger partial charge on any atom is 0.222 e. The summed E-state index contributed by atoms with van der Waals surface area (Å²) in [6.07, 6.45) is 0. The Balaban J connectivity index is 0.00000182. The van der Waals surface area contributed by atoms with Gasteiger partial charge in [0, 0.05) is 24.3 Å². The molecule has 4 heteroatoms. The lowest BCUT2D eigenvalue weighted by Crippen LogP contribution is -3.00. The Kier molecular flexibility index (Phi) is 4.91. The van der Waals surface area contributed by atoms with E-state index in [1.165, 1.54) is 0 Å². The molecule has 3 aromatic carbocycles. The molecule has 0 aliphatic rings. The van der Waals surface area contributed by atoms with Crippen LogP contribution in [0.2, 0.25) is 0 Å². The zero-order chi connectivity index (χ0) is 16.5. The van der Waals surface area contributed by atoms with Gasteiger partial charge in [-0.05, 0) is 18.2 Å². The third-order valence-electron chi connectivity index (χ3n) is 4.31. The van der Waals surface area contributed by atoms with Crippen molar-refractivity contribution in [2.45, 2.75) is 0 Å². The van der Waals surface area contributed by atoms with E-state index in [2.05, 4.69) is 34.9 Å². The van der Waals surface area contributed by atoms with E-state index >= 15 is 0 Å². The monoisotopic (exact) mass is 395 g/mol. The van der Waals surface area contributed by atoms with Gasteiger partial charge in [0.1, 0.15) is 11.5 Å². The Morgan fingerprint density at radius 2 is 1.16 bits per heavy atom. The molecule has 0 N–H and O–H groups in total. The average Bonchev–Trinajstić information content (AvgIpc) is 2.65. The van der Waals surface area contributed by atoms with Gasteiger partial charge in [-0.3, -0.25) is 0 Å². The smallest absolute Gasteiger partial charge is 0.222 e. The van der Waals surface area contributed by atoms with E-state index in [-0.39, 0.29) is 17.0 Å². The van der Waals surface area contributed by atoms with Gasteiger partial charge in [0.15, 0.2) is 0 Å². The van der Waals surface area contributed by atoms with E-state index < -0.39 is 0 Å². The number of hydrogen-bond donors (Lipinski definition) is 0. The third kappa shape index (κ3) is 2.83. The van der Waals surface area contributed by atoms with E-state index in [1.54, 1.807) is 14.2 Å². The van der Waals surface area contributed by atoms with Crippen LogP contribution in [0.3, 0.4) is 0 Å². The van der Waals surface area contributed by atoms with Crippen molar-refractivity contribution in [1.29, 1.82) is 0 Å². The highest BCUT2D eigenvalue weighted by atomic mass is 79.9. The minimum absolute atomic E-state index is 0. The second kappa shape index (κ2) is 7.11. The first-order valence-corrected chi connectivity index (χ1v) is 7.87. The van der Waals surface area contributed by atoms with Crippen LogP contribution in [0.5, 0.6) is 11.5 Å². The summed E-state index contributed by atoms with van der Waals surface area (Å²) in [6.45, 7) is 0. The van der Waals surface area contributed by atoms with Crippen LogP contribution < -0.4 is 31.0 Å². The first-order chi connectivity index (χ1) is 11.8. The summed E-state index contributed by atoms with van der Waals surface area (Å²) in [5.41, 5.74) is 3.30. The van der Waals surface area contributed by atoms with Crippen LogP contribution in [-0.2, 0) is 0 Å². The van der Waals surface area contributed by atoms with Gasteiger partial charge >= 0.3 is 0 Å². The van der Waals surface area contributed by atoms with Crippen LogP contribution in [-0.4, -0.2) is 14.2 Å². The number of fused-ring (bicyclic) bond motifs is 2. The predicted molar refractivity (Wildman–Crippen MR) is 96.1 cm³/mol. The van der Waals surface area contributed by atoms with Crippen molar-refractivity contribution in [2.75, 3.05) is 14.2 Å². The highest BCUT2D eigenvalue weighted by Crippen LogP contribution is 2.31. The number of rotatable bonds is 3. The molecule has 0 aliphatic heterocycles. The number of benzene rings is 3. The number of nitrogens with zero attached hydrogens (tertiary/aromatic N) is 1. The Bertz CT molecular complexity index is 970. The van der Waals surface area contributed by atoms with Crippen LogP contribution in [0, 0.1) is 0 Å². The largest absolute Gasteiger partial charge is 1.00 e. The topological polar surface area (TPSA) is 22.3 Å². The van der Waals surface area contributed by atoms with Gasteiger partial charge in [-0.25, -0.2) is 0 Å². The maximum atomic E-state index is 5.59. The molecule has 1 aromatic heterocycles. The lowest BCUT2D eigenvalue weighted by Gasteiger charge is -2.10. The molecule has 0 aliphatic carbocycles. The summed E-state index contributed by atoms with van der Waals surface area (Å²) >= 11 is 0. The summed E-state index contributed by atoms with van der Waals surface area (Å²) < 4.78 is 13.4. The quantitative estimate of drug-likeness (QED) is 0.385. The Hall–Kier alpha value is -2.59. The molecule has 0 bridgehead atoms. The van der Waals surface area contributed by atoms with Gasteiger partial charge < -0.3 is 26.5 Å². The van der Waals surface area contributed by atoms with Crippen LogP contribution in [0.1, 0.15) is 0 Å². The van der Waals surface area contributed by atoms with Crippen molar-refractivity contribution >= 4 is 21.8 Å². The molecule has 0 spiro atoms. The van der Waals surface area contributed by atoms with Crippen molar-refractivity contribution in [3.8, 4) is 17.2 Å². The van der Waals surface area contributed by atoms with E-state index in [1.807, 2.05) is 42.5 Å². The molecule has 4 aromatic rings. The second-order valence-electron chi connectivity index (χ2n) is 5.60. The Morgan fingerprint density at radius 1 is 0.640 bits per heavy atom. The van der Waals surface area contributed by atoms with Crippen molar-refractivity contribution in [3.05, 3.63) is 72.8 Å². The number of para-hydroxylation sites is 1.